The Labute approximate surface area is 183 Å². The van der Waals surface area contributed by atoms with Gasteiger partial charge in [0.2, 0.25) is 0 Å². The van der Waals surface area contributed by atoms with E-state index in [1.807, 2.05) is 18.2 Å². The Hall–Kier alpha value is -4.02. The third kappa shape index (κ3) is 2.73. The molecule has 5 rings (SSSR count). The van der Waals surface area contributed by atoms with Gasteiger partial charge >= 0.3 is 0 Å². The average molecular weight is 406 g/mol. The fourth-order valence-electron chi connectivity index (χ4n) is 4.92. The molecule has 0 saturated heterocycles. The summed E-state index contributed by atoms with van der Waals surface area (Å²) in [7, 11) is 1.67. The highest BCUT2D eigenvalue weighted by Crippen LogP contribution is 2.56. The normalized spacial score (nSPS) is 20.5. The van der Waals surface area contributed by atoms with Gasteiger partial charge in [0.25, 0.3) is 0 Å². The molecule has 0 amide bonds. The van der Waals surface area contributed by atoms with Gasteiger partial charge in [-0.3, -0.25) is 0 Å². The molecule has 0 saturated carbocycles. The molecule has 2 atom stereocenters. The summed E-state index contributed by atoms with van der Waals surface area (Å²) in [5.41, 5.74) is 4.89. The first-order valence-corrected chi connectivity index (χ1v) is 10.3. The minimum Gasteiger partial charge on any atom is -0.497 e. The van der Waals surface area contributed by atoms with Gasteiger partial charge in [-0.1, -0.05) is 42.3 Å². The van der Waals surface area contributed by atoms with Gasteiger partial charge in [0.05, 0.1) is 20.1 Å². The monoisotopic (exact) mass is 405 g/mol. The number of hydrogen-bond donors (Lipinski definition) is 1. The van der Waals surface area contributed by atoms with E-state index in [4.69, 9.17) is 17.6 Å². The van der Waals surface area contributed by atoms with Gasteiger partial charge in [-0.05, 0) is 36.4 Å². The van der Waals surface area contributed by atoms with Crippen molar-refractivity contribution in [3.63, 3.8) is 0 Å². The molecular weight excluding hydrogens is 382 g/mol. The Bertz CT molecular complexity index is 1200. The number of fused-ring (bicyclic) bond motifs is 6. The highest BCUT2D eigenvalue weighted by atomic mass is 16.5. The molecule has 2 unspecified atom stereocenters. The van der Waals surface area contributed by atoms with E-state index in [-0.39, 0.29) is 6.17 Å². The van der Waals surface area contributed by atoms with Crippen LogP contribution in [0.4, 0.5) is 17.1 Å². The van der Waals surface area contributed by atoms with Crippen LogP contribution < -0.4 is 19.9 Å². The maximum absolute atomic E-state index is 5.96. The first-order chi connectivity index (χ1) is 15.2. The molecule has 2 aliphatic heterocycles. The molecule has 3 aromatic carbocycles. The predicted octanol–water partition coefficient (Wildman–Crippen LogP) is 4.96. The SMILES string of the molecule is C#CCN1c2ccccc2C2(CC#C)Nc3ccccc3C1N2c1ccc(OC)cc1. The summed E-state index contributed by atoms with van der Waals surface area (Å²) in [6, 6.07) is 24.9. The molecule has 4 heteroatoms. The Kier molecular flexibility index (Phi) is 4.50. The lowest BCUT2D eigenvalue weighted by atomic mass is 9.82. The molecular formula is C27H23N3O. The first kappa shape index (κ1) is 19.0. The van der Waals surface area contributed by atoms with Crippen molar-refractivity contribution in [1.29, 1.82) is 0 Å². The standard InChI is InChI=1S/C27H23N3O/c1-4-18-27-23-11-7-9-13-25(23)29(19-5-2)26(22-10-6-8-12-24(22)28-27)30(27)20-14-16-21(31-3)17-15-20/h1-2,6-17,26,28H,18-19H2,3H3. The molecule has 0 radical (unpaired) electrons. The topological polar surface area (TPSA) is 27.7 Å². The van der Waals surface area contributed by atoms with E-state index in [0.29, 0.717) is 13.0 Å². The van der Waals surface area contributed by atoms with Gasteiger partial charge in [-0.25, -0.2) is 0 Å². The molecule has 4 nitrogen and oxygen atoms in total. The van der Waals surface area contributed by atoms with Crippen molar-refractivity contribution in [3.8, 4) is 30.4 Å². The fraction of sp³-hybridized carbons (Fsp3) is 0.185. The fourth-order valence-corrected chi connectivity index (χ4v) is 4.92. The number of methoxy groups -OCH3 is 1. The van der Waals surface area contributed by atoms with Crippen molar-refractivity contribution in [2.75, 3.05) is 28.8 Å². The minimum atomic E-state index is -0.607. The van der Waals surface area contributed by atoms with E-state index in [9.17, 15) is 0 Å². The van der Waals surface area contributed by atoms with Gasteiger partial charge in [-0.15, -0.1) is 18.8 Å². The molecule has 3 aromatic rings. The Morgan fingerprint density at radius 1 is 0.968 bits per heavy atom. The molecule has 2 bridgehead atoms. The highest BCUT2D eigenvalue weighted by Gasteiger charge is 2.53. The number of nitrogens with one attached hydrogen (secondary N) is 1. The zero-order chi connectivity index (χ0) is 21.4. The summed E-state index contributed by atoms with van der Waals surface area (Å²) in [6.45, 7) is 0.481. The quantitative estimate of drug-likeness (QED) is 0.621. The smallest absolute Gasteiger partial charge is 0.152 e. The average Bonchev–Trinajstić information content (AvgIpc) is 2.81. The highest BCUT2D eigenvalue weighted by molar-refractivity contribution is 5.77. The van der Waals surface area contributed by atoms with Crippen LogP contribution in [0.25, 0.3) is 0 Å². The van der Waals surface area contributed by atoms with Gasteiger partial charge in [0.15, 0.2) is 5.66 Å². The number of nitrogens with zero attached hydrogens (tertiary/aromatic N) is 2. The van der Waals surface area contributed by atoms with Crippen LogP contribution in [0.2, 0.25) is 0 Å². The summed E-state index contributed by atoms with van der Waals surface area (Å²) in [5, 5.41) is 3.81. The molecule has 31 heavy (non-hydrogen) atoms. The second-order valence-corrected chi connectivity index (χ2v) is 7.74. The van der Waals surface area contributed by atoms with Crippen molar-refractivity contribution in [2.24, 2.45) is 0 Å². The minimum absolute atomic E-state index is 0.106. The van der Waals surface area contributed by atoms with Gasteiger partial charge in [0, 0.05) is 28.2 Å². The van der Waals surface area contributed by atoms with Crippen LogP contribution in [-0.4, -0.2) is 13.7 Å². The number of anilines is 3. The first-order valence-electron chi connectivity index (χ1n) is 10.3. The number of para-hydroxylation sites is 2. The van der Waals surface area contributed by atoms with Gasteiger partial charge < -0.3 is 19.9 Å². The maximum atomic E-state index is 5.96. The number of hydrogen-bond acceptors (Lipinski definition) is 4. The Balaban J connectivity index is 1.83. The lowest BCUT2D eigenvalue weighted by Gasteiger charge is -2.60. The molecule has 2 heterocycles. The maximum Gasteiger partial charge on any atom is 0.152 e. The van der Waals surface area contributed by atoms with E-state index in [1.165, 1.54) is 0 Å². The van der Waals surface area contributed by atoms with Crippen molar-refractivity contribution in [2.45, 2.75) is 18.2 Å². The van der Waals surface area contributed by atoms with Gasteiger partial charge in [0.1, 0.15) is 11.9 Å². The van der Waals surface area contributed by atoms with E-state index in [0.717, 1.165) is 33.9 Å². The van der Waals surface area contributed by atoms with Crippen LogP contribution in [0, 0.1) is 24.7 Å². The summed E-state index contributed by atoms with van der Waals surface area (Å²) in [6.07, 6.45) is 12.2. The molecule has 0 fully saturated rings. The summed E-state index contributed by atoms with van der Waals surface area (Å²) in [4.78, 5) is 4.66. The second kappa shape index (κ2) is 7.35. The van der Waals surface area contributed by atoms with E-state index < -0.39 is 5.66 Å². The van der Waals surface area contributed by atoms with Gasteiger partial charge in [-0.2, -0.15) is 0 Å². The largest absolute Gasteiger partial charge is 0.497 e. The Morgan fingerprint density at radius 3 is 2.45 bits per heavy atom. The molecule has 1 N–H and O–H groups in total. The van der Waals surface area contributed by atoms with Crippen LogP contribution in [0.3, 0.4) is 0 Å². The van der Waals surface area contributed by atoms with Crippen LogP contribution in [0.1, 0.15) is 23.7 Å². The zero-order valence-electron chi connectivity index (χ0n) is 17.4. The van der Waals surface area contributed by atoms with E-state index in [1.54, 1.807) is 7.11 Å². The molecule has 0 aromatic heterocycles. The van der Waals surface area contributed by atoms with Crippen molar-refractivity contribution in [1.82, 2.24) is 0 Å². The van der Waals surface area contributed by atoms with Crippen LogP contribution in [-0.2, 0) is 5.66 Å². The lowest BCUT2D eigenvalue weighted by molar-refractivity contribution is 0.366. The molecule has 0 spiro atoms. The number of benzene rings is 3. The van der Waals surface area contributed by atoms with Crippen LogP contribution >= 0.6 is 0 Å². The molecule has 2 aliphatic rings. The zero-order valence-corrected chi connectivity index (χ0v) is 17.4. The summed E-state index contributed by atoms with van der Waals surface area (Å²) < 4.78 is 5.39. The second-order valence-electron chi connectivity index (χ2n) is 7.74. The summed E-state index contributed by atoms with van der Waals surface area (Å²) >= 11 is 0. The number of rotatable bonds is 4. The van der Waals surface area contributed by atoms with E-state index in [2.05, 4.69) is 81.6 Å². The number of terminal acetylenes is 2. The molecule has 0 aliphatic carbocycles. The molecule has 152 valence electrons. The van der Waals surface area contributed by atoms with E-state index >= 15 is 0 Å². The third-order valence-electron chi connectivity index (χ3n) is 6.16. The van der Waals surface area contributed by atoms with Crippen LogP contribution in [0.5, 0.6) is 5.75 Å². The summed E-state index contributed by atoms with van der Waals surface area (Å²) in [5.74, 6) is 6.61. The Morgan fingerprint density at radius 2 is 1.71 bits per heavy atom. The van der Waals surface area contributed by atoms with Crippen molar-refractivity contribution >= 4 is 17.1 Å². The lowest BCUT2D eigenvalue weighted by Crippen LogP contribution is -2.64. The van der Waals surface area contributed by atoms with Crippen LogP contribution in [0.15, 0.2) is 72.8 Å². The number of ether oxygens (including phenoxy) is 1. The van der Waals surface area contributed by atoms with Crippen molar-refractivity contribution in [3.05, 3.63) is 83.9 Å². The van der Waals surface area contributed by atoms with Crippen molar-refractivity contribution < 1.29 is 4.74 Å². The third-order valence-corrected chi connectivity index (χ3v) is 6.16. The predicted molar refractivity (Wildman–Crippen MR) is 126 cm³/mol.